The zero-order valence-electron chi connectivity index (χ0n) is 20.8. The highest BCUT2D eigenvalue weighted by Crippen LogP contribution is 2.22. The molecule has 0 spiro atoms. The molecular weight excluding hydrogens is 348 g/mol. The average molecular weight is 407 g/mol. The maximum absolute atomic E-state index is 4.00. The van der Waals surface area contributed by atoms with Crippen LogP contribution in [-0.2, 0) is 0 Å². The van der Waals surface area contributed by atoms with Gasteiger partial charge >= 0.3 is 0 Å². The van der Waals surface area contributed by atoms with Gasteiger partial charge in [-0.05, 0) is 12.3 Å². The van der Waals surface area contributed by atoms with Crippen LogP contribution in [-0.4, -0.2) is 0 Å². The van der Waals surface area contributed by atoms with Gasteiger partial charge in [-0.1, -0.05) is 168 Å². The molecule has 1 unspecified atom stereocenters. The van der Waals surface area contributed by atoms with Crippen molar-refractivity contribution in [2.24, 2.45) is 5.92 Å². The van der Waals surface area contributed by atoms with E-state index < -0.39 is 0 Å². The minimum Gasteiger partial charge on any atom is -0.103 e. The first-order valence-electron chi connectivity index (χ1n) is 14.0. The van der Waals surface area contributed by atoms with Crippen molar-refractivity contribution in [3.63, 3.8) is 0 Å². The maximum Gasteiger partial charge on any atom is -0.0325 e. The van der Waals surface area contributed by atoms with Gasteiger partial charge in [0.2, 0.25) is 0 Å². The number of rotatable bonds is 25. The fourth-order valence-electron chi connectivity index (χ4n) is 4.63. The zero-order valence-corrected chi connectivity index (χ0v) is 20.8. The molecule has 0 saturated heterocycles. The molecule has 29 heavy (non-hydrogen) atoms. The third-order valence-corrected chi connectivity index (χ3v) is 6.68. The standard InChI is InChI=1S/C29H58/c1-4-7-9-11-13-15-17-19-21-23-25-28-29(26-6-3)27-24-22-20-18-16-14-12-10-8-5-2/h6,29H,3-5,7-28H2,1-2H3. The van der Waals surface area contributed by atoms with E-state index in [9.17, 15) is 0 Å². The van der Waals surface area contributed by atoms with Crippen LogP contribution in [0.2, 0.25) is 0 Å². The van der Waals surface area contributed by atoms with Crippen LogP contribution in [0, 0.1) is 5.92 Å². The van der Waals surface area contributed by atoms with Crippen LogP contribution in [0.1, 0.15) is 168 Å². The molecule has 0 aliphatic carbocycles. The summed E-state index contributed by atoms with van der Waals surface area (Å²) in [5.41, 5.74) is 0. The topological polar surface area (TPSA) is 0 Å². The molecule has 1 atom stereocenters. The van der Waals surface area contributed by atoms with E-state index in [1.807, 2.05) is 0 Å². The average Bonchev–Trinajstić information content (AvgIpc) is 2.73. The Balaban J connectivity index is 3.41. The number of hydrogen-bond donors (Lipinski definition) is 0. The SMILES string of the molecule is C=CCC(CCCCCCCCCCCC)CCCCCCCCCCCCC. The summed E-state index contributed by atoms with van der Waals surface area (Å²) in [7, 11) is 0. The third-order valence-electron chi connectivity index (χ3n) is 6.68. The Morgan fingerprint density at radius 3 is 1.00 bits per heavy atom. The lowest BCUT2D eigenvalue weighted by molar-refractivity contribution is 0.405. The highest BCUT2D eigenvalue weighted by atomic mass is 14.1. The molecule has 0 heterocycles. The zero-order chi connectivity index (χ0) is 21.3. The van der Waals surface area contributed by atoms with Gasteiger partial charge in [-0.25, -0.2) is 0 Å². The summed E-state index contributed by atoms with van der Waals surface area (Å²) in [6.45, 7) is 8.61. The van der Waals surface area contributed by atoms with Crippen molar-refractivity contribution < 1.29 is 0 Å². The molecule has 0 aromatic heterocycles. The van der Waals surface area contributed by atoms with Crippen LogP contribution in [0.4, 0.5) is 0 Å². The fraction of sp³-hybridized carbons (Fsp3) is 0.931. The Hall–Kier alpha value is -0.260. The molecule has 0 aromatic carbocycles. The third kappa shape index (κ3) is 23.9. The molecule has 0 saturated carbocycles. The molecule has 0 radical (unpaired) electrons. The molecule has 0 N–H and O–H groups in total. The van der Waals surface area contributed by atoms with E-state index in [1.165, 1.54) is 154 Å². The Morgan fingerprint density at radius 1 is 0.448 bits per heavy atom. The van der Waals surface area contributed by atoms with Gasteiger partial charge < -0.3 is 0 Å². The normalized spacial score (nSPS) is 12.3. The van der Waals surface area contributed by atoms with E-state index in [1.54, 1.807) is 0 Å². The maximum atomic E-state index is 4.00. The van der Waals surface area contributed by atoms with Crippen LogP contribution in [0.5, 0.6) is 0 Å². The minimum atomic E-state index is 0.917. The lowest BCUT2D eigenvalue weighted by Gasteiger charge is -2.15. The van der Waals surface area contributed by atoms with E-state index in [0.717, 1.165) is 5.92 Å². The van der Waals surface area contributed by atoms with E-state index in [2.05, 4.69) is 26.5 Å². The molecule has 0 amide bonds. The van der Waals surface area contributed by atoms with Gasteiger partial charge in [0.15, 0.2) is 0 Å². The molecule has 174 valence electrons. The molecular formula is C29H58. The summed E-state index contributed by atoms with van der Waals surface area (Å²) >= 11 is 0. The summed E-state index contributed by atoms with van der Waals surface area (Å²) in [5, 5.41) is 0. The van der Waals surface area contributed by atoms with Crippen molar-refractivity contribution in [1.82, 2.24) is 0 Å². The van der Waals surface area contributed by atoms with E-state index in [0.29, 0.717) is 0 Å². The second kappa shape index (κ2) is 25.8. The molecule has 0 aliphatic heterocycles. The van der Waals surface area contributed by atoms with Gasteiger partial charge in [-0.3, -0.25) is 0 Å². The van der Waals surface area contributed by atoms with Gasteiger partial charge in [0.1, 0.15) is 0 Å². The monoisotopic (exact) mass is 406 g/mol. The second-order valence-corrected chi connectivity index (χ2v) is 9.69. The summed E-state index contributed by atoms with van der Waals surface area (Å²) in [6.07, 6.45) is 36.8. The molecule has 0 heteroatoms. The van der Waals surface area contributed by atoms with Gasteiger partial charge in [-0.2, -0.15) is 0 Å². The number of unbranched alkanes of at least 4 members (excludes halogenated alkanes) is 19. The first-order valence-corrected chi connectivity index (χ1v) is 14.0. The van der Waals surface area contributed by atoms with Gasteiger partial charge in [-0.15, -0.1) is 6.58 Å². The van der Waals surface area contributed by atoms with Crippen LogP contribution >= 0.6 is 0 Å². The minimum absolute atomic E-state index is 0.917. The summed E-state index contributed by atoms with van der Waals surface area (Å²) in [5.74, 6) is 0.917. The Labute approximate surface area is 186 Å². The van der Waals surface area contributed by atoms with E-state index in [-0.39, 0.29) is 0 Å². The Morgan fingerprint density at radius 2 is 0.724 bits per heavy atom. The van der Waals surface area contributed by atoms with Crippen molar-refractivity contribution in [2.75, 3.05) is 0 Å². The van der Waals surface area contributed by atoms with Crippen molar-refractivity contribution >= 4 is 0 Å². The van der Waals surface area contributed by atoms with Crippen molar-refractivity contribution in [3.8, 4) is 0 Å². The van der Waals surface area contributed by atoms with Gasteiger partial charge in [0.05, 0.1) is 0 Å². The fourth-order valence-corrected chi connectivity index (χ4v) is 4.63. The highest BCUT2D eigenvalue weighted by molar-refractivity contribution is 4.73. The molecule has 0 aromatic rings. The Bertz CT molecular complexity index is 292. The first-order chi connectivity index (χ1) is 14.3. The van der Waals surface area contributed by atoms with E-state index >= 15 is 0 Å². The largest absolute Gasteiger partial charge is 0.103 e. The first kappa shape index (κ1) is 28.7. The lowest BCUT2D eigenvalue weighted by atomic mass is 9.91. The second-order valence-electron chi connectivity index (χ2n) is 9.69. The van der Waals surface area contributed by atoms with Gasteiger partial charge in [0.25, 0.3) is 0 Å². The quantitative estimate of drug-likeness (QED) is 0.104. The van der Waals surface area contributed by atoms with Crippen molar-refractivity contribution in [2.45, 2.75) is 168 Å². The molecule has 0 fully saturated rings. The Kier molecular flexibility index (Phi) is 25.5. The van der Waals surface area contributed by atoms with Crippen LogP contribution in [0.15, 0.2) is 12.7 Å². The van der Waals surface area contributed by atoms with E-state index in [4.69, 9.17) is 0 Å². The number of hydrogen-bond acceptors (Lipinski definition) is 0. The lowest BCUT2D eigenvalue weighted by Crippen LogP contribution is -1.99. The molecule has 0 bridgehead atoms. The predicted octanol–water partition coefficient (Wildman–Crippen LogP) is 11.2. The van der Waals surface area contributed by atoms with Crippen LogP contribution in [0.25, 0.3) is 0 Å². The molecule has 0 rings (SSSR count). The number of allylic oxidation sites excluding steroid dienone is 1. The highest BCUT2D eigenvalue weighted by Gasteiger charge is 2.06. The summed E-state index contributed by atoms with van der Waals surface area (Å²) in [4.78, 5) is 0. The van der Waals surface area contributed by atoms with Crippen LogP contribution in [0.3, 0.4) is 0 Å². The summed E-state index contributed by atoms with van der Waals surface area (Å²) < 4.78 is 0. The van der Waals surface area contributed by atoms with Gasteiger partial charge in [0, 0.05) is 0 Å². The van der Waals surface area contributed by atoms with Crippen molar-refractivity contribution in [1.29, 1.82) is 0 Å². The van der Waals surface area contributed by atoms with Crippen molar-refractivity contribution in [3.05, 3.63) is 12.7 Å². The van der Waals surface area contributed by atoms with Crippen LogP contribution < -0.4 is 0 Å². The molecule has 0 aliphatic rings. The smallest absolute Gasteiger partial charge is 0.0325 e. The predicted molar refractivity (Wildman–Crippen MR) is 136 cm³/mol. The summed E-state index contributed by atoms with van der Waals surface area (Å²) in [6, 6.07) is 0. The molecule has 0 nitrogen and oxygen atoms in total.